The van der Waals surface area contributed by atoms with Gasteiger partial charge in [-0.3, -0.25) is 9.78 Å². The van der Waals surface area contributed by atoms with E-state index in [-0.39, 0.29) is 5.91 Å². The first-order valence-electron chi connectivity index (χ1n) is 6.72. The van der Waals surface area contributed by atoms with Gasteiger partial charge in [-0.2, -0.15) is 10.2 Å². The molecule has 0 bridgehead atoms. The van der Waals surface area contributed by atoms with Crippen molar-refractivity contribution in [2.75, 3.05) is 12.4 Å². The Balaban J connectivity index is 2.01. The minimum absolute atomic E-state index is 0.246. The van der Waals surface area contributed by atoms with Crippen LogP contribution in [-0.4, -0.2) is 28.2 Å². The maximum Gasteiger partial charge on any atom is 0.257 e. The Labute approximate surface area is 127 Å². The first-order chi connectivity index (χ1) is 10.7. The Hall–Kier alpha value is -3.02. The second-order valence-corrected chi connectivity index (χ2v) is 4.70. The van der Waals surface area contributed by atoms with E-state index in [4.69, 9.17) is 4.74 Å². The Morgan fingerprint density at radius 3 is 2.82 bits per heavy atom. The number of carbonyl (C=O) groups is 1. The number of hydrogen-bond acceptors (Lipinski definition) is 5. The third kappa shape index (κ3) is 2.46. The van der Waals surface area contributed by atoms with Crippen LogP contribution < -0.4 is 10.1 Å². The molecular weight excluding hydrogens is 280 g/mol. The van der Waals surface area contributed by atoms with E-state index in [9.17, 15) is 4.79 Å². The van der Waals surface area contributed by atoms with Crippen molar-refractivity contribution in [3.63, 3.8) is 0 Å². The fourth-order valence-electron chi connectivity index (χ4n) is 2.26. The first-order valence-corrected chi connectivity index (χ1v) is 6.72. The van der Waals surface area contributed by atoms with Gasteiger partial charge in [-0.05, 0) is 37.3 Å². The average Bonchev–Trinajstić information content (AvgIpc) is 2.55. The first kappa shape index (κ1) is 13.9. The van der Waals surface area contributed by atoms with Gasteiger partial charge in [0.1, 0.15) is 5.75 Å². The van der Waals surface area contributed by atoms with Gasteiger partial charge in [0, 0.05) is 11.6 Å². The number of rotatable bonds is 3. The number of anilines is 1. The molecule has 0 aliphatic carbocycles. The number of nitrogens with zero attached hydrogens (tertiary/aromatic N) is 3. The quantitative estimate of drug-likeness (QED) is 0.803. The number of nitrogens with one attached hydrogen (secondary N) is 1. The number of pyridine rings is 1. The summed E-state index contributed by atoms with van der Waals surface area (Å²) in [5, 5.41) is 11.3. The number of aryl methyl sites for hydroxylation is 1. The largest absolute Gasteiger partial charge is 0.496 e. The topological polar surface area (TPSA) is 77.0 Å². The van der Waals surface area contributed by atoms with Gasteiger partial charge in [0.2, 0.25) is 0 Å². The van der Waals surface area contributed by atoms with Crippen molar-refractivity contribution in [3.05, 3.63) is 54.0 Å². The van der Waals surface area contributed by atoms with Crippen molar-refractivity contribution in [2.45, 2.75) is 6.92 Å². The molecule has 2 aromatic heterocycles. The van der Waals surface area contributed by atoms with E-state index in [2.05, 4.69) is 20.5 Å². The molecule has 2 heterocycles. The van der Waals surface area contributed by atoms with Crippen LogP contribution in [0.3, 0.4) is 0 Å². The van der Waals surface area contributed by atoms with Gasteiger partial charge in [-0.25, -0.2) is 0 Å². The Bertz CT molecular complexity index is 848. The van der Waals surface area contributed by atoms with Crippen LogP contribution in [0.15, 0.2) is 42.7 Å². The van der Waals surface area contributed by atoms with Crippen LogP contribution in [-0.2, 0) is 0 Å². The molecule has 0 saturated carbocycles. The van der Waals surface area contributed by atoms with Crippen molar-refractivity contribution in [3.8, 4) is 5.75 Å². The predicted octanol–water partition coefficient (Wildman–Crippen LogP) is 2.59. The lowest BCUT2D eigenvalue weighted by Gasteiger charge is -2.11. The molecule has 22 heavy (non-hydrogen) atoms. The Morgan fingerprint density at radius 2 is 2.05 bits per heavy atom. The molecule has 1 amide bonds. The number of aromatic nitrogens is 3. The van der Waals surface area contributed by atoms with Gasteiger partial charge in [-0.15, -0.1) is 0 Å². The summed E-state index contributed by atoms with van der Waals surface area (Å²) >= 11 is 0. The molecule has 0 spiro atoms. The normalized spacial score (nSPS) is 10.5. The third-order valence-electron chi connectivity index (χ3n) is 3.35. The molecule has 6 heteroatoms. The van der Waals surface area contributed by atoms with Crippen molar-refractivity contribution in [1.29, 1.82) is 0 Å². The van der Waals surface area contributed by atoms with Crippen LogP contribution in [0, 0.1) is 6.92 Å². The second-order valence-electron chi connectivity index (χ2n) is 4.70. The lowest BCUT2D eigenvalue weighted by atomic mass is 10.1. The maximum atomic E-state index is 12.4. The highest BCUT2D eigenvalue weighted by atomic mass is 16.5. The highest BCUT2D eigenvalue weighted by Gasteiger charge is 2.13. The number of amides is 1. The molecule has 0 saturated heterocycles. The van der Waals surface area contributed by atoms with Crippen molar-refractivity contribution in [2.24, 2.45) is 0 Å². The molecule has 3 aromatic rings. The number of benzene rings is 1. The molecule has 0 aliphatic rings. The van der Waals surface area contributed by atoms with E-state index in [1.54, 1.807) is 38.4 Å². The summed E-state index contributed by atoms with van der Waals surface area (Å²) in [6.45, 7) is 1.74. The van der Waals surface area contributed by atoms with Crippen LogP contribution in [0.5, 0.6) is 5.75 Å². The van der Waals surface area contributed by atoms with E-state index < -0.39 is 0 Å². The molecule has 0 fully saturated rings. The SMILES string of the molecule is COc1ccc(NC(=O)c2ccnnc2C)c2ncccc12. The summed E-state index contributed by atoms with van der Waals surface area (Å²) in [4.78, 5) is 16.7. The molecule has 1 aromatic carbocycles. The van der Waals surface area contributed by atoms with E-state index in [1.807, 2.05) is 12.1 Å². The van der Waals surface area contributed by atoms with Crippen molar-refractivity contribution in [1.82, 2.24) is 15.2 Å². The number of hydrogen-bond donors (Lipinski definition) is 1. The fourth-order valence-corrected chi connectivity index (χ4v) is 2.26. The van der Waals surface area contributed by atoms with Crippen molar-refractivity contribution >= 4 is 22.5 Å². The van der Waals surface area contributed by atoms with Gasteiger partial charge in [0.05, 0.1) is 35.8 Å². The zero-order valence-corrected chi connectivity index (χ0v) is 12.2. The average molecular weight is 294 g/mol. The predicted molar refractivity (Wildman–Crippen MR) is 83.0 cm³/mol. The smallest absolute Gasteiger partial charge is 0.257 e. The lowest BCUT2D eigenvalue weighted by molar-refractivity contribution is 0.102. The molecule has 0 unspecified atom stereocenters. The van der Waals surface area contributed by atoms with E-state index in [1.165, 1.54) is 6.20 Å². The third-order valence-corrected chi connectivity index (χ3v) is 3.35. The molecule has 1 N–H and O–H groups in total. The van der Waals surface area contributed by atoms with E-state index >= 15 is 0 Å². The van der Waals surface area contributed by atoms with Crippen molar-refractivity contribution < 1.29 is 9.53 Å². The summed E-state index contributed by atoms with van der Waals surface area (Å²) in [5.41, 5.74) is 2.35. The highest BCUT2D eigenvalue weighted by Crippen LogP contribution is 2.30. The maximum absolute atomic E-state index is 12.4. The lowest BCUT2D eigenvalue weighted by Crippen LogP contribution is -2.14. The summed E-state index contributed by atoms with van der Waals surface area (Å²) < 4.78 is 5.32. The Morgan fingerprint density at radius 1 is 1.18 bits per heavy atom. The zero-order chi connectivity index (χ0) is 15.5. The van der Waals surface area contributed by atoms with E-state index in [0.717, 1.165) is 5.39 Å². The fraction of sp³-hybridized carbons (Fsp3) is 0.125. The van der Waals surface area contributed by atoms with Crippen LogP contribution in [0.25, 0.3) is 10.9 Å². The zero-order valence-electron chi connectivity index (χ0n) is 12.2. The summed E-state index contributed by atoms with van der Waals surface area (Å²) in [6, 6.07) is 8.94. The van der Waals surface area contributed by atoms with Gasteiger partial charge in [0.15, 0.2) is 0 Å². The molecule has 0 aliphatic heterocycles. The molecule has 6 nitrogen and oxygen atoms in total. The molecule has 3 rings (SSSR count). The van der Waals surface area contributed by atoms with Crippen LogP contribution in [0.4, 0.5) is 5.69 Å². The Kier molecular flexibility index (Phi) is 3.65. The number of carbonyl (C=O) groups excluding carboxylic acids is 1. The minimum Gasteiger partial charge on any atom is -0.496 e. The number of fused-ring (bicyclic) bond motifs is 1. The van der Waals surface area contributed by atoms with E-state index in [0.29, 0.717) is 28.2 Å². The van der Waals surface area contributed by atoms with Gasteiger partial charge < -0.3 is 10.1 Å². The number of ether oxygens (including phenoxy) is 1. The summed E-state index contributed by atoms with van der Waals surface area (Å²) in [5.74, 6) is 0.465. The van der Waals surface area contributed by atoms with Crippen LogP contribution in [0.2, 0.25) is 0 Å². The standard InChI is InChI=1S/C16H14N4O2/c1-10-11(7-9-18-20-10)16(21)19-13-5-6-14(22-2)12-4-3-8-17-15(12)13/h3-9H,1-2H3,(H,19,21). The summed E-state index contributed by atoms with van der Waals surface area (Å²) in [7, 11) is 1.60. The molecular formula is C16H14N4O2. The second kappa shape index (κ2) is 5.77. The van der Waals surface area contributed by atoms with Gasteiger partial charge >= 0.3 is 0 Å². The van der Waals surface area contributed by atoms with Gasteiger partial charge in [-0.1, -0.05) is 0 Å². The molecule has 0 atom stereocenters. The van der Waals surface area contributed by atoms with Crippen LogP contribution in [0.1, 0.15) is 16.1 Å². The highest BCUT2D eigenvalue weighted by molar-refractivity contribution is 6.09. The summed E-state index contributed by atoms with van der Waals surface area (Å²) in [6.07, 6.45) is 3.17. The number of methoxy groups -OCH3 is 1. The van der Waals surface area contributed by atoms with Crippen LogP contribution >= 0.6 is 0 Å². The molecule has 110 valence electrons. The van der Waals surface area contributed by atoms with Gasteiger partial charge in [0.25, 0.3) is 5.91 Å². The monoisotopic (exact) mass is 294 g/mol. The minimum atomic E-state index is -0.246. The molecule has 0 radical (unpaired) electrons.